The number of nitrogens with zero attached hydrogens (tertiary/aromatic N) is 1. The number of rotatable bonds is 6. The highest BCUT2D eigenvalue weighted by molar-refractivity contribution is 5.90. The number of amides is 2. The van der Waals surface area contributed by atoms with Crippen molar-refractivity contribution in [1.29, 1.82) is 0 Å². The van der Waals surface area contributed by atoms with Gasteiger partial charge in [0.05, 0.1) is 24.5 Å². The second kappa shape index (κ2) is 7.44. The SMILES string of the molecule is COCC(NC(=O)Nc1ccc(C(=O)O)nc1)C(C)C. The first kappa shape index (κ1) is 15.9. The molecule has 0 aliphatic carbocycles. The van der Waals surface area contributed by atoms with E-state index >= 15 is 0 Å². The number of carbonyl (C=O) groups is 2. The van der Waals surface area contributed by atoms with Gasteiger partial charge in [-0.05, 0) is 18.1 Å². The van der Waals surface area contributed by atoms with Gasteiger partial charge in [0.25, 0.3) is 0 Å². The number of aromatic nitrogens is 1. The molecule has 0 fully saturated rings. The van der Waals surface area contributed by atoms with Crippen molar-refractivity contribution in [2.24, 2.45) is 5.92 Å². The van der Waals surface area contributed by atoms with Crippen LogP contribution in [0.3, 0.4) is 0 Å². The summed E-state index contributed by atoms with van der Waals surface area (Å²) in [5.74, 6) is -0.880. The van der Waals surface area contributed by atoms with Gasteiger partial charge < -0.3 is 20.5 Å². The van der Waals surface area contributed by atoms with Crippen molar-refractivity contribution < 1.29 is 19.4 Å². The van der Waals surface area contributed by atoms with E-state index < -0.39 is 5.97 Å². The van der Waals surface area contributed by atoms with Crippen molar-refractivity contribution in [2.75, 3.05) is 19.0 Å². The van der Waals surface area contributed by atoms with E-state index in [1.165, 1.54) is 18.3 Å². The maximum absolute atomic E-state index is 11.8. The van der Waals surface area contributed by atoms with Crippen molar-refractivity contribution in [3.8, 4) is 0 Å². The number of hydrogen-bond donors (Lipinski definition) is 3. The van der Waals surface area contributed by atoms with Gasteiger partial charge in [0.1, 0.15) is 5.69 Å². The average molecular weight is 281 g/mol. The minimum absolute atomic E-state index is 0.0737. The van der Waals surface area contributed by atoms with E-state index in [4.69, 9.17) is 9.84 Å². The summed E-state index contributed by atoms with van der Waals surface area (Å²) in [5.41, 5.74) is 0.350. The number of nitrogens with one attached hydrogen (secondary N) is 2. The zero-order valence-corrected chi connectivity index (χ0v) is 11.7. The smallest absolute Gasteiger partial charge is 0.354 e. The standard InChI is InChI=1S/C13H19N3O4/c1-8(2)11(7-20-3)16-13(19)15-9-4-5-10(12(17)18)14-6-9/h4-6,8,11H,7H2,1-3H3,(H,17,18)(H2,15,16,19). The third-order valence-corrected chi connectivity index (χ3v) is 2.71. The zero-order chi connectivity index (χ0) is 15.1. The van der Waals surface area contributed by atoms with Crippen LogP contribution in [0.25, 0.3) is 0 Å². The molecule has 0 bridgehead atoms. The molecule has 0 saturated carbocycles. The predicted molar refractivity (Wildman–Crippen MR) is 73.9 cm³/mol. The molecule has 0 aromatic carbocycles. The Morgan fingerprint density at radius 2 is 2.10 bits per heavy atom. The molecule has 7 nitrogen and oxygen atoms in total. The summed E-state index contributed by atoms with van der Waals surface area (Å²) in [6.07, 6.45) is 1.30. The van der Waals surface area contributed by atoms with Crippen LogP contribution in [0, 0.1) is 5.92 Å². The summed E-state index contributed by atoms with van der Waals surface area (Å²) in [7, 11) is 1.57. The summed E-state index contributed by atoms with van der Waals surface area (Å²) in [6.45, 7) is 4.38. The molecule has 7 heteroatoms. The molecule has 1 atom stereocenters. The van der Waals surface area contributed by atoms with Crippen LogP contribution in [-0.2, 0) is 4.74 Å². The molecule has 0 aliphatic rings. The molecule has 20 heavy (non-hydrogen) atoms. The number of pyridine rings is 1. The van der Waals surface area contributed by atoms with E-state index in [1.807, 2.05) is 13.8 Å². The molecule has 0 spiro atoms. The highest BCUT2D eigenvalue weighted by Crippen LogP contribution is 2.07. The topological polar surface area (TPSA) is 101 Å². The number of anilines is 1. The fraction of sp³-hybridized carbons (Fsp3) is 0.462. The van der Waals surface area contributed by atoms with Crippen molar-refractivity contribution in [3.05, 3.63) is 24.0 Å². The van der Waals surface area contributed by atoms with Crippen LogP contribution in [-0.4, -0.2) is 41.8 Å². The van der Waals surface area contributed by atoms with Gasteiger partial charge in [-0.3, -0.25) is 0 Å². The van der Waals surface area contributed by atoms with Gasteiger partial charge in [0, 0.05) is 7.11 Å². The molecular weight excluding hydrogens is 262 g/mol. The molecule has 0 radical (unpaired) electrons. The number of urea groups is 1. The second-order valence-electron chi connectivity index (χ2n) is 4.64. The summed E-state index contributed by atoms with van der Waals surface area (Å²) < 4.78 is 5.04. The number of ether oxygens (including phenoxy) is 1. The van der Waals surface area contributed by atoms with Crippen LogP contribution >= 0.6 is 0 Å². The molecule has 1 rings (SSSR count). The van der Waals surface area contributed by atoms with Crippen LogP contribution in [0.5, 0.6) is 0 Å². The molecule has 1 heterocycles. The van der Waals surface area contributed by atoms with E-state index in [9.17, 15) is 9.59 Å². The van der Waals surface area contributed by atoms with E-state index in [2.05, 4.69) is 15.6 Å². The molecule has 1 unspecified atom stereocenters. The Morgan fingerprint density at radius 1 is 1.40 bits per heavy atom. The number of carbonyl (C=O) groups excluding carboxylic acids is 1. The first-order chi connectivity index (χ1) is 9.43. The Labute approximate surface area is 117 Å². The molecule has 0 saturated heterocycles. The van der Waals surface area contributed by atoms with Gasteiger partial charge in [-0.15, -0.1) is 0 Å². The summed E-state index contributed by atoms with van der Waals surface area (Å²) in [4.78, 5) is 26.2. The first-order valence-electron chi connectivity index (χ1n) is 6.19. The van der Waals surface area contributed by atoms with E-state index in [0.29, 0.717) is 12.3 Å². The monoisotopic (exact) mass is 281 g/mol. The Kier molecular flexibility index (Phi) is 5.92. The third kappa shape index (κ3) is 4.85. The number of hydrogen-bond acceptors (Lipinski definition) is 4. The number of aromatic carboxylic acids is 1. The lowest BCUT2D eigenvalue weighted by Gasteiger charge is -2.21. The Morgan fingerprint density at radius 3 is 2.55 bits per heavy atom. The molecule has 110 valence electrons. The van der Waals surface area contributed by atoms with Gasteiger partial charge in [0.2, 0.25) is 0 Å². The first-order valence-corrected chi connectivity index (χ1v) is 6.19. The number of methoxy groups -OCH3 is 1. The van der Waals surface area contributed by atoms with Crippen molar-refractivity contribution in [3.63, 3.8) is 0 Å². The summed E-state index contributed by atoms with van der Waals surface area (Å²) in [6, 6.07) is 2.32. The lowest BCUT2D eigenvalue weighted by molar-refractivity contribution is 0.0690. The minimum atomic E-state index is -1.11. The van der Waals surface area contributed by atoms with Crippen molar-refractivity contribution in [2.45, 2.75) is 19.9 Å². The van der Waals surface area contributed by atoms with Crippen LogP contribution in [0.2, 0.25) is 0 Å². The molecule has 3 N–H and O–H groups in total. The van der Waals surface area contributed by atoms with E-state index in [0.717, 1.165) is 0 Å². The normalized spacial score (nSPS) is 12.0. The maximum Gasteiger partial charge on any atom is 0.354 e. The number of carboxylic acids is 1. The highest BCUT2D eigenvalue weighted by atomic mass is 16.5. The lowest BCUT2D eigenvalue weighted by atomic mass is 10.1. The molecule has 1 aromatic heterocycles. The van der Waals surface area contributed by atoms with Gasteiger partial charge in [-0.1, -0.05) is 13.8 Å². The van der Waals surface area contributed by atoms with Crippen molar-refractivity contribution >= 4 is 17.7 Å². The maximum atomic E-state index is 11.8. The van der Waals surface area contributed by atoms with Gasteiger partial charge in [-0.25, -0.2) is 14.6 Å². The quantitative estimate of drug-likeness (QED) is 0.735. The van der Waals surface area contributed by atoms with E-state index in [-0.39, 0.29) is 23.7 Å². The second-order valence-corrected chi connectivity index (χ2v) is 4.64. The van der Waals surface area contributed by atoms with Crippen LogP contribution in [0.4, 0.5) is 10.5 Å². The predicted octanol–water partition coefficient (Wildman–Crippen LogP) is 1.57. The number of carboxylic acid groups (broad SMARTS) is 1. The van der Waals surface area contributed by atoms with Crippen LogP contribution in [0.15, 0.2) is 18.3 Å². The Bertz CT molecular complexity index is 459. The molecular formula is C13H19N3O4. The lowest BCUT2D eigenvalue weighted by Crippen LogP contribution is -2.43. The largest absolute Gasteiger partial charge is 0.477 e. The van der Waals surface area contributed by atoms with Gasteiger partial charge in [-0.2, -0.15) is 0 Å². The Balaban J connectivity index is 2.59. The summed E-state index contributed by atoms with van der Waals surface area (Å²) in [5, 5.41) is 14.1. The van der Waals surface area contributed by atoms with Crippen LogP contribution < -0.4 is 10.6 Å². The molecule has 1 aromatic rings. The minimum Gasteiger partial charge on any atom is -0.477 e. The van der Waals surface area contributed by atoms with Gasteiger partial charge >= 0.3 is 12.0 Å². The molecule has 0 aliphatic heterocycles. The summed E-state index contributed by atoms with van der Waals surface area (Å²) >= 11 is 0. The molecule has 2 amide bonds. The third-order valence-electron chi connectivity index (χ3n) is 2.71. The van der Waals surface area contributed by atoms with Crippen LogP contribution in [0.1, 0.15) is 24.3 Å². The van der Waals surface area contributed by atoms with E-state index in [1.54, 1.807) is 7.11 Å². The van der Waals surface area contributed by atoms with Crippen molar-refractivity contribution in [1.82, 2.24) is 10.3 Å². The van der Waals surface area contributed by atoms with Gasteiger partial charge in [0.15, 0.2) is 0 Å². The zero-order valence-electron chi connectivity index (χ0n) is 11.7. The fourth-order valence-corrected chi connectivity index (χ4v) is 1.51. The average Bonchev–Trinajstić information content (AvgIpc) is 2.38. The Hall–Kier alpha value is -2.15. The highest BCUT2D eigenvalue weighted by Gasteiger charge is 2.16. The fourth-order valence-electron chi connectivity index (χ4n) is 1.51.